The largest absolute Gasteiger partial charge is 0.490 e. The van der Waals surface area contributed by atoms with Gasteiger partial charge >= 0.3 is 0 Å². The van der Waals surface area contributed by atoms with Crippen LogP contribution in [0.5, 0.6) is 11.5 Å². The van der Waals surface area contributed by atoms with Crippen molar-refractivity contribution >= 4 is 15.9 Å². The van der Waals surface area contributed by atoms with E-state index in [1.54, 1.807) is 0 Å². The maximum atomic E-state index is 5.99. The van der Waals surface area contributed by atoms with Gasteiger partial charge in [-0.2, -0.15) is 0 Å². The molecule has 26 heavy (non-hydrogen) atoms. The Kier molecular flexibility index (Phi) is 9.53. The van der Waals surface area contributed by atoms with Gasteiger partial charge in [0.05, 0.1) is 6.61 Å². The molecular formula is C21H28BrNO3. The van der Waals surface area contributed by atoms with Gasteiger partial charge in [-0.3, -0.25) is 0 Å². The lowest BCUT2D eigenvalue weighted by Crippen LogP contribution is -2.17. The predicted molar refractivity (Wildman–Crippen MR) is 109 cm³/mol. The van der Waals surface area contributed by atoms with Gasteiger partial charge in [0.15, 0.2) is 11.5 Å². The third-order valence-corrected chi connectivity index (χ3v) is 4.55. The smallest absolute Gasteiger partial charge is 0.162 e. The molecule has 2 rings (SSSR count). The Morgan fingerprint density at radius 2 is 1.73 bits per heavy atom. The van der Waals surface area contributed by atoms with E-state index in [1.165, 1.54) is 0 Å². The highest BCUT2D eigenvalue weighted by molar-refractivity contribution is 9.10. The summed E-state index contributed by atoms with van der Waals surface area (Å²) >= 11 is 3.65. The summed E-state index contributed by atoms with van der Waals surface area (Å²) < 4.78 is 18.1. The third kappa shape index (κ3) is 6.98. The lowest BCUT2D eigenvalue weighted by atomic mass is 10.2. The van der Waals surface area contributed by atoms with Gasteiger partial charge in [-0.1, -0.05) is 46.3 Å². The van der Waals surface area contributed by atoms with Crippen LogP contribution >= 0.6 is 15.9 Å². The van der Waals surface area contributed by atoms with Gasteiger partial charge in [0.25, 0.3) is 0 Å². The first-order valence-electron chi connectivity index (χ1n) is 9.15. The number of rotatable bonds is 12. The molecule has 0 aliphatic carbocycles. The van der Waals surface area contributed by atoms with Crippen molar-refractivity contribution in [3.8, 4) is 11.5 Å². The molecule has 0 heterocycles. The number of nitrogens with one attached hydrogen (secondary N) is 1. The summed E-state index contributed by atoms with van der Waals surface area (Å²) in [5.74, 6) is 1.53. The van der Waals surface area contributed by atoms with Crippen molar-refractivity contribution < 1.29 is 14.2 Å². The van der Waals surface area contributed by atoms with Crippen LogP contribution in [0.2, 0.25) is 0 Å². The Balaban J connectivity index is 1.97. The molecule has 0 aliphatic heterocycles. The van der Waals surface area contributed by atoms with Gasteiger partial charge in [0, 0.05) is 24.2 Å². The number of hydrogen-bond acceptors (Lipinski definition) is 4. The van der Waals surface area contributed by atoms with Crippen LogP contribution in [0.3, 0.4) is 0 Å². The first-order chi connectivity index (χ1) is 12.7. The minimum atomic E-state index is 0.516. The molecule has 0 aromatic heterocycles. The van der Waals surface area contributed by atoms with Crippen molar-refractivity contribution in [3.63, 3.8) is 0 Å². The summed E-state index contributed by atoms with van der Waals surface area (Å²) in [5.41, 5.74) is 2.28. The first kappa shape index (κ1) is 20.7. The lowest BCUT2D eigenvalue weighted by molar-refractivity contribution is 0.144. The molecule has 0 saturated heterocycles. The molecule has 0 bridgehead atoms. The predicted octanol–water partition coefficient (Wildman–Crippen LogP) is 4.94. The molecule has 5 heteroatoms. The Bertz CT molecular complexity index is 649. The first-order valence-corrected chi connectivity index (χ1v) is 9.94. The molecule has 4 nitrogen and oxygen atoms in total. The van der Waals surface area contributed by atoms with E-state index in [0.717, 1.165) is 59.8 Å². The highest BCUT2D eigenvalue weighted by Crippen LogP contribution is 2.34. The van der Waals surface area contributed by atoms with Crippen molar-refractivity contribution in [2.75, 3.05) is 26.4 Å². The topological polar surface area (TPSA) is 39.7 Å². The molecule has 0 saturated carbocycles. The van der Waals surface area contributed by atoms with E-state index in [4.69, 9.17) is 14.2 Å². The van der Waals surface area contributed by atoms with Gasteiger partial charge < -0.3 is 19.5 Å². The standard InChI is InChI=1S/C21H28BrNO3/c1-3-24-12-8-11-23-15-18-13-20(25-4-2)21(14-19(18)22)26-16-17-9-6-5-7-10-17/h5-7,9-10,13-14,23H,3-4,8,11-12,15-16H2,1-2H3. The van der Waals surface area contributed by atoms with Crippen LogP contribution < -0.4 is 14.8 Å². The van der Waals surface area contributed by atoms with Gasteiger partial charge in [0.1, 0.15) is 6.61 Å². The fourth-order valence-corrected chi connectivity index (χ4v) is 2.96. The summed E-state index contributed by atoms with van der Waals surface area (Å²) in [7, 11) is 0. The number of benzene rings is 2. The Hall–Kier alpha value is -1.56. The Morgan fingerprint density at radius 3 is 2.46 bits per heavy atom. The van der Waals surface area contributed by atoms with Gasteiger partial charge in [0.2, 0.25) is 0 Å². The summed E-state index contributed by atoms with van der Waals surface area (Å²) in [4.78, 5) is 0. The molecule has 0 unspecified atom stereocenters. The minimum absolute atomic E-state index is 0.516. The molecule has 0 amide bonds. The van der Waals surface area contributed by atoms with Crippen LogP contribution in [0.15, 0.2) is 46.9 Å². The van der Waals surface area contributed by atoms with Crippen LogP contribution in [0.1, 0.15) is 31.4 Å². The molecule has 2 aromatic rings. The SMILES string of the molecule is CCOCCCNCc1cc(OCC)c(OCc2ccccc2)cc1Br. The summed E-state index contributed by atoms with van der Waals surface area (Å²) in [6.45, 7) is 8.37. The maximum Gasteiger partial charge on any atom is 0.162 e. The van der Waals surface area contributed by atoms with Crippen molar-refractivity contribution in [1.82, 2.24) is 5.32 Å². The number of hydrogen-bond donors (Lipinski definition) is 1. The zero-order valence-electron chi connectivity index (χ0n) is 15.6. The van der Waals surface area contributed by atoms with Crippen LogP contribution in [-0.4, -0.2) is 26.4 Å². The Morgan fingerprint density at radius 1 is 0.962 bits per heavy atom. The van der Waals surface area contributed by atoms with Crippen LogP contribution in [0.25, 0.3) is 0 Å². The average Bonchev–Trinajstić information content (AvgIpc) is 2.66. The average molecular weight is 422 g/mol. The highest BCUT2D eigenvalue weighted by atomic mass is 79.9. The fourth-order valence-electron chi connectivity index (χ4n) is 2.50. The number of halogens is 1. The van der Waals surface area contributed by atoms with Gasteiger partial charge in [-0.15, -0.1) is 0 Å². The molecule has 0 aliphatic rings. The number of ether oxygens (including phenoxy) is 3. The molecular weight excluding hydrogens is 394 g/mol. The normalized spacial score (nSPS) is 10.7. The zero-order valence-corrected chi connectivity index (χ0v) is 17.2. The van der Waals surface area contributed by atoms with Gasteiger partial charge in [-0.25, -0.2) is 0 Å². The molecule has 2 aromatic carbocycles. The fraction of sp³-hybridized carbons (Fsp3) is 0.429. The third-order valence-electron chi connectivity index (χ3n) is 3.81. The molecule has 142 valence electrons. The van der Waals surface area contributed by atoms with E-state index in [2.05, 4.69) is 33.4 Å². The molecule has 0 spiro atoms. The Labute approximate surface area is 165 Å². The van der Waals surface area contributed by atoms with Crippen LogP contribution in [0, 0.1) is 0 Å². The molecule has 0 atom stereocenters. The second kappa shape index (κ2) is 11.9. The monoisotopic (exact) mass is 421 g/mol. The van der Waals surface area contributed by atoms with Crippen molar-refractivity contribution in [1.29, 1.82) is 0 Å². The second-order valence-electron chi connectivity index (χ2n) is 5.82. The molecule has 1 N–H and O–H groups in total. The van der Waals surface area contributed by atoms with Crippen molar-refractivity contribution in [2.45, 2.75) is 33.4 Å². The summed E-state index contributed by atoms with van der Waals surface area (Å²) in [5, 5.41) is 3.44. The quantitative estimate of drug-likeness (QED) is 0.492. The highest BCUT2D eigenvalue weighted by Gasteiger charge is 2.11. The molecule has 0 radical (unpaired) electrons. The van der Waals surface area contributed by atoms with E-state index in [-0.39, 0.29) is 0 Å². The second-order valence-corrected chi connectivity index (χ2v) is 6.68. The van der Waals surface area contributed by atoms with Gasteiger partial charge in [-0.05, 0) is 50.1 Å². The van der Waals surface area contributed by atoms with Crippen molar-refractivity contribution in [2.24, 2.45) is 0 Å². The summed E-state index contributed by atoms with van der Waals surface area (Å²) in [6.07, 6.45) is 1.00. The van der Waals surface area contributed by atoms with Crippen LogP contribution in [0.4, 0.5) is 0 Å². The van der Waals surface area contributed by atoms with E-state index in [1.807, 2.05) is 44.2 Å². The van der Waals surface area contributed by atoms with E-state index < -0.39 is 0 Å². The van der Waals surface area contributed by atoms with E-state index in [0.29, 0.717) is 13.2 Å². The van der Waals surface area contributed by atoms with E-state index in [9.17, 15) is 0 Å². The van der Waals surface area contributed by atoms with E-state index >= 15 is 0 Å². The maximum absolute atomic E-state index is 5.99. The zero-order chi connectivity index (χ0) is 18.6. The summed E-state index contributed by atoms with van der Waals surface area (Å²) in [6, 6.07) is 14.2. The minimum Gasteiger partial charge on any atom is -0.490 e. The lowest BCUT2D eigenvalue weighted by Gasteiger charge is -2.15. The van der Waals surface area contributed by atoms with Crippen LogP contribution in [-0.2, 0) is 17.9 Å². The molecule has 0 fully saturated rings. The van der Waals surface area contributed by atoms with Crippen molar-refractivity contribution in [3.05, 3.63) is 58.1 Å².